The molecule has 1 N–H and O–H groups in total. The van der Waals surface area contributed by atoms with Gasteiger partial charge in [0.1, 0.15) is 17.2 Å². The molecule has 0 radical (unpaired) electrons. The fourth-order valence-electron chi connectivity index (χ4n) is 4.21. The van der Waals surface area contributed by atoms with Gasteiger partial charge in [-0.2, -0.15) is 4.31 Å². The maximum Gasteiger partial charge on any atom is 0.214 e. The molecule has 0 atom stereocenters. The van der Waals surface area contributed by atoms with Crippen molar-refractivity contribution in [1.29, 1.82) is 0 Å². The molecule has 11 heteroatoms. The van der Waals surface area contributed by atoms with Gasteiger partial charge >= 0.3 is 0 Å². The normalized spacial score (nSPS) is 15.9. The van der Waals surface area contributed by atoms with Crippen LogP contribution in [0.2, 0.25) is 0 Å². The van der Waals surface area contributed by atoms with Gasteiger partial charge in [-0.25, -0.2) is 21.8 Å². The van der Waals surface area contributed by atoms with E-state index in [-0.39, 0.29) is 22.9 Å². The van der Waals surface area contributed by atoms with Crippen molar-refractivity contribution >= 4 is 30.9 Å². The van der Waals surface area contributed by atoms with E-state index in [1.54, 1.807) is 24.4 Å². The first-order valence-electron chi connectivity index (χ1n) is 11.7. The lowest BCUT2D eigenvalue weighted by Crippen LogP contribution is -2.25. The van der Waals surface area contributed by atoms with Crippen LogP contribution in [-0.4, -0.2) is 54.1 Å². The second-order valence-electron chi connectivity index (χ2n) is 8.67. The number of rotatable bonds is 8. The van der Waals surface area contributed by atoms with E-state index in [4.69, 9.17) is 4.74 Å². The molecule has 1 aliphatic rings. The Kier molecular flexibility index (Phi) is 6.54. The van der Waals surface area contributed by atoms with E-state index >= 15 is 0 Å². The van der Waals surface area contributed by atoms with Gasteiger partial charge in [-0.1, -0.05) is 13.0 Å². The Morgan fingerprint density at radius 2 is 1.92 bits per heavy atom. The average molecular weight is 527 g/mol. The van der Waals surface area contributed by atoms with E-state index in [9.17, 15) is 16.8 Å². The first-order valence-corrected chi connectivity index (χ1v) is 14.9. The highest BCUT2D eigenvalue weighted by Crippen LogP contribution is 2.33. The minimum absolute atomic E-state index is 0.0795. The van der Waals surface area contributed by atoms with Crippen molar-refractivity contribution in [3.8, 4) is 23.0 Å². The lowest BCUT2D eigenvalue weighted by molar-refractivity contribution is 0.422. The van der Waals surface area contributed by atoms with Crippen molar-refractivity contribution in [3.05, 3.63) is 66.4 Å². The molecule has 0 unspecified atom stereocenters. The summed E-state index contributed by atoms with van der Waals surface area (Å²) in [5.74, 6) is 1.69. The van der Waals surface area contributed by atoms with Crippen LogP contribution in [0, 0.1) is 0 Å². The largest absolute Gasteiger partial charge is 0.457 e. The van der Waals surface area contributed by atoms with Gasteiger partial charge in [0.15, 0.2) is 15.7 Å². The van der Waals surface area contributed by atoms with E-state index in [1.807, 2.05) is 31.2 Å². The quantitative estimate of drug-likeness (QED) is 0.366. The van der Waals surface area contributed by atoms with Crippen LogP contribution >= 0.6 is 0 Å². The Morgan fingerprint density at radius 1 is 1.11 bits per heavy atom. The van der Waals surface area contributed by atoms with Gasteiger partial charge < -0.3 is 9.72 Å². The Labute approximate surface area is 210 Å². The van der Waals surface area contributed by atoms with Crippen molar-refractivity contribution in [2.75, 3.05) is 18.1 Å². The van der Waals surface area contributed by atoms with Crippen LogP contribution in [0.25, 0.3) is 22.6 Å². The van der Waals surface area contributed by atoms with Crippen molar-refractivity contribution < 1.29 is 21.6 Å². The van der Waals surface area contributed by atoms with Crippen molar-refractivity contribution in [3.63, 3.8) is 0 Å². The fraction of sp³-hybridized carbons (Fsp3) is 0.280. The van der Waals surface area contributed by atoms with Gasteiger partial charge in [-0.15, -0.1) is 0 Å². The number of H-pyrrole nitrogens is 1. The zero-order valence-corrected chi connectivity index (χ0v) is 21.3. The number of aromatic nitrogens is 3. The highest BCUT2D eigenvalue weighted by molar-refractivity contribution is 7.91. The molecule has 3 heterocycles. The molecule has 4 aromatic rings. The number of benzene rings is 2. The number of aromatic amines is 1. The summed E-state index contributed by atoms with van der Waals surface area (Å²) in [6, 6.07) is 15.4. The van der Waals surface area contributed by atoms with Gasteiger partial charge in [-0.05, 0) is 55.3 Å². The molecule has 0 bridgehead atoms. The summed E-state index contributed by atoms with van der Waals surface area (Å²) in [4.78, 5) is 12.5. The lowest BCUT2D eigenvalue weighted by Gasteiger charge is -2.17. The summed E-state index contributed by atoms with van der Waals surface area (Å²) < 4.78 is 57.3. The molecule has 1 saturated heterocycles. The van der Waals surface area contributed by atoms with Crippen molar-refractivity contribution in [2.45, 2.75) is 31.2 Å². The first kappa shape index (κ1) is 24.4. The molecule has 2 aromatic heterocycles. The van der Waals surface area contributed by atoms with Crippen LogP contribution in [0.1, 0.15) is 25.3 Å². The number of imidazole rings is 1. The molecule has 0 spiro atoms. The summed E-state index contributed by atoms with van der Waals surface area (Å²) >= 11 is 0. The van der Waals surface area contributed by atoms with E-state index in [1.165, 1.54) is 16.4 Å². The van der Waals surface area contributed by atoms with Crippen LogP contribution in [-0.2, 0) is 26.4 Å². The minimum atomic E-state index is -3.34. The number of sulfonamides is 1. The number of ether oxygens (including phenoxy) is 1. The van der Waals surface area contributed by atoms with Gasteiger partial charge in [0, 0.05) is 30.9 Å². The average Bonchev–Trinajstić information content (AvgIpc) is 3.42. The number of nitrogens with zero attached hydrogens (tertiary/aromatic N) is 3. The zero-order chi connectivity index (χ0) is 25.3. The number of pyridine rings is 1. The lowest BCUT2D eigenvalue weighted by atomic mass is 10.1. The summed E-state index contributed by atoms with van der Waals surface area (Å²) in [5, 5.41) is 0. The monoisotopic (exact) mass is 526 g/mol. The Balaban J connectivity index is 1.52. The topological polar surface area (TPSA) is 122 Å². The maximum atomic E-state index is 12.5. The van der Waals surface area contributed by atoms with Crippen LogP contribution < -0.4 is 4.74 Å². The van der Waals surface area contributed by atoms with E-state index in [0.717, 1.165) is 5.52 Å². The second-order valence-corrected chi connectivity index (χ2v) is 12.9. The number of sulfone groups is 1. The SMILES string of the molecule is CCCS(=O)(=O)c1ccc(Oc2cc3nc(-c4ccccn4)[nH]c3cc2CN2CCCS2(=O)=O)cc1. The molecule has 36 heavy (non-hydrogen) atoms. The van der Waals surface area contributed by atoms with Crippen molar-refractivity contribution in [1.82, 2.24) is 19.3 Å². The van der Waals surface area contributed by atoms with Crippen LogP contribution in [0.4, 0.5) is 0 Å². The molecule has 1 aliphatic heterocycles. The molecule has 9 nitrogen and oxygen atoms in total. The Hall–Kier alpha value is -3.28. The number of hydrogen-bond donors (Lipinski definition) is 1. The predicted octanol–water partition coefficient (Wildman–Crippen LogP) is 4.14. The summed E-state index contributed by atoms with van der Waals surface area (Å²) in [6.07, 6.45) is 2.81. The molecular formula is C25H26N4O5S2. The molecular weight excluding hydrogens is 500 g/mol. The van der Waals surface area contributed by atoms with Gasteiger partial charge in [-0.3, -0.25) is 4.98 Å². The van der Waals surface area contributed by atoms with Crippen LogP contribution in [0.15, 0.2) is 65.7 Å². The molecule has 1 fully saturated rings. The van der Waals surface area contributed by atoms with Crippen molar-refractivity contribution in [2.24, 2.45) is 0 Å². The minimum Gasteiger partial charge on any atom is -0.457 e. The highest BCUT2D eigenvalue weighted by Gasteiger charge is 2.29. The summed E-state index contributed by atoms with van der Waals surface area (Å²) in [5.41, 5.74) is 2.73. The van der Waals surface area contributed by atoms with Crippen LogP contribution in [0.5, 0.6) is 11.5 Å². The number of fused-ring (bicyclic) bond motifs is 1. The van der Waals surface area contributed by atoms with Gasteiger partial charge in [0.2, 0.25) is 10.0 Å². The molecule has 0 aliphatic carbocycles. The smallest absolute Gasteiger partial charge is 0.214 e. The molecule has 5 rings (SSSR count). The molecule has 0 amide bonds. The highest BCUT2D eigenvalue weighted by atomic mass is 32.2. The second kappa shape index (κ2) is 9.64. The Morgan fingerprint density at radius 3 is 2.58 bits per heavy atom. The Bertz CT molecular complexity index is 1600. The van der Waals surface area contributed by atoms with E-state index < -0.39 is 19.9 Å². The maximum absolute atomic E-state index is 12.5. The number of hydrogen-bond acceptors (Lipinski definition) is 7. The fourth-order valence-corrected chi connectivity index (χ4v) is 7.03. The zero-order valence-electron chi connectivity index (χ0n) is 19.7. The van der Waals surface area contributed by atoms with E-state index in [0.29, 0.717) is 53.5 Å². The molecule has 0 saturated carbocycles. The third kappa shape index (κ3) is 4.99. The van der Waals surface area contributed by atoms with E-state index in [2.05, 4.69) is 15.0 Å². The predicted molar refractivity (Wildman–Crippen MR) is 137 cm³/mol. The molecule has 2 aromatic carbocycles. The number of nitrogens with one attached hydrogen (secondary N) is 1. The molecule has 188 valence electrons. The third-order valence-corrected chi connectivity index (χ3v) is 9.84. The van der Waals surface area contributed by atoms with Gasteiger partial charge in [0.25, 0.3) is 0 Å². The summed E-state index contributed by atoms with van der Waals surface area (Å²) in [7, 11) is -6.66. The third-order valence-electron chi connectivity index (χ3n) is 6.01. The summed E-state index contributed by atoms with van der Waals surface area (Å²) in [6.45, 7) is 2.43. The standard InChI is InChI=1S/C25H26N4O5S2/c1-2-13-35(30,31)20-9-7-19(8-10-20)34-24-16-23-22(27-25(28-23)21-6-3-4-11-26-21)15-18(24)17-29-12-5-14-36(29,32)33/h3-4,6-11,15-16H,2,5,12-14,17H2,1H3,(H,27,28). The van der Waals surface area contributed by atoms with Gasteiger partial charge in [0.05, 0.1) is 27.4 Å². The first-order chi connectivity index (χ1) is 17.2. The van der Waals surface area contributed by atoms with Crippen LogP contribution in [0.3, 0.4) is 0 Å².